The molecule has 2 heterocycles. The monoisotopic (exact) mass is 273 g/mol. The molecule has 0 saturated carbocycles. The zero-order chi connectivity index (χ0) is 13.5. The van der Waals surface area contributed by atoms with Gasteiger partial charge in [-0.05, 0) is 24.0 Å². The van der Waals surface area contributed by atoms with Crippen molar-refractivity contribution in [3.05, 3.63) is 17.9 Å². The summed E-state index contributed by atoms with van der Waals surface area (Å²) in [4.78, 5) is 10.7. The molecule has 0 aromatic carbocycles. The molecule has 18 heavy (non-hydrogen) atoms. The van der Waals surface area contributed by atoms with E-state index in [-0.39, 0.29) is 22.7 Å². The molecule has 0 bridgehead atoms. The van der Waals surface area contributed by atoms with E-state index in [1.54, 1.807) is 0 Å². The zero-order valence-corrected chi connectivity index (χ0v) is 11.0. The third-order valence-corrected chi connectivity index (χ3v) is 5.05. The smallest absolute Gasteiger partial charge is 0.371 e. The summed E-state index contributed by atoms with van der Waals surface area (Å²) in [5.74, 6) is -1.07. The molecule has 2 unspecified atom stereocenters. The van der Waals surface area contributed by atoms with Crippen LogP contribution in [-0.2, 0) is 10.0 Å². The molecule has 1 N–H and O–H groups in total. The van der Waals surface area contributed by atoms with Crippen LogP contribution in [0.15, 0.2) is 21.6 Å². The SMILES string of the molecule is CC1CN(S(=O)(=O)c2ccc(C(=O)O)o2)CC1C. The van der Waals surface area contributed by atoms with Crippen LogP contribution in [0.25, 0.3) is 0 Å². The Morgan fingerprint density at radius 1 is 1.33 bits per heavy atom. The van der Waals surface area contributed by atoms with Gasteiger partial charge in [0.05, 0.1) is 0 Å². The normalized spacial score (nSPS) is 25.4. The fraction of sp³-hybridized carbons (Fsp3) is 0.545. The Morgan fingerprint density at radius 3 is 2.33 bits per heavy atom. The van der Waals surface area contributed by atoms with Crippen LogP contribution < -0.4 is 0 Å². The topological polar surface area (TPSA) is 87.8 Å². The molecule has 6 nitrogen and oxygen atoms in total. The molecule has 2 rings (SSSR count). The molecule has 1 saturated heterocycles. The minimum absolute atomic E-state index is 0.286. The van der Waals surface area contributed by atoms with Gasteiger partial charge in [0.25, 0.3) is 10.0 Å². The van der Waals surface area contributed by atoms with Crippen LogP contribution in [-0.4, -0.2) is 36.9 Å². The Hall–Kier alpha value is -1.34. The van der Waals surface area contributed by atoms with Crippen LogP contribution in [0.2, 0.25) is 0 Å². The predicted octanol–water partition coefficient (Wildman–Crippen LogP) is 1.25. The quantitative estimate of drug-likeness (QED) is 0.895. The summed E-state index contributed by atoms with van der Waals surface area (Å²) in [7, 11) is -3.71. The molecule has 0 aliphatic carbocycles. The van der Waals surface area contributed by atoms with Crippen molar-refractivity contribution in [1.82, 2.24) is 4.31 Å². The third-order valence-electron chi connectivity index (χ3n) is 3.34. The number of hydrogen-bond donors (Lipinski definition) is 1. The lowest BCUT2D eigenvalue weighted by molar-refractivity contribution is 0.0656. The van der Waals surface area contributed by atoms with E-state index in [0.29, 0.717) is 13.1 Å². The van der Waals surface area contributed by atoms with Gasteiger partial charge in [-0.2, -0.15) is 4.31 Å². The molecular weight excluding hydrogens is 258 g/mol. The second-order valence-electron chi connectivity index (χ2n) is 4.70. The highest BCUT2D eigenvalue weighted by molar-refractivity contribution is 7.89. The fourth-order valence-electron chi connectivity index (χ4n) is 1.97. The van der Waals surface area contributed by atoms with E-state index in [0.717, 1.165) is 6.07 Å². The Labute approximate surface area is 105 Å². The van der Waals surface area contributed by atoms with Crippen molar-refractivity contribution in [1.29, 1.82) is 0 Å². The first-order chi connectivity index (χ1) is 8.32. The summed E-state index contributed by atoms with van der Waals surface area (Å²) in [5.41, 5.74) is 0. The van der Waals surface area contributed by atoms with Crippen LogP contribution in [0.3, 0.4) is 0 Å². The first-order valence-corrected chi connectivity index (χ1v) is 7.09. The van der Waals surface area contributed by atoms with E-state index in [1.165, 1.54) is 10.4 Å². The van der Waals surface area contributed by atoms with Crippen molar-refractivity contribution in [3.63, 3.8) is 0 Å². The van der Waals surface area contributed by atoms with E-state index in [9.17, 15) is 13.2 Å². The summed E-state index contributed by atoms with van der Waals surface area (Å²) < 4.78 is 30.6. The average Bonchev–Trinajstić information content (AvgIpc) is 2.87. The fourth-order valence-corrected chi connectivity index (χ4v) is 3.53. The Morgan fingerprint density at radius 2 is 1.89 bits per heavy atom. The molecular formula is C11H15NO5S. The summed E-state index contributed by atoms with van der Waals surface area (Å²) in [6.45, 7) is 4.86. The Balaban J connectivity index is 2.28. The van der Waals surface area contributed by atoms with E-state index in [1.807, 2.05) is 13.8 Å². The van der Waals surface area contributed by atoms with Crippen LogP contribution in [0.5, 0.6) is 0 Å². The third kappa shape index (κ3) is 2.15. The van der Waals surface area contributed by atoms with Gasteiger partial charge in [0.2, 0.25) is 10.9 Å². The lowest BCUT2D eigenvalue weighted by Gasteiger charge is -2.13. The number of aromatic carboxylic acids is 1. The van der Waals surface area contributed by atoms with Crippen molar-refractivity contribution in [2.45, 2.75) is 18.9 Å². The van der Waals surface area contributed by atoms with Gasteiger partial charge in [-0.1, -0.05) is 13.8 Å². The molecule has 1 aromatic rings. The van der Waals surface area contributed by atoms with Gasteiger partial charge >= 0.3 is 5.97 Å². The summed E-state index contributed by atoms with van der Waals surface area (Å²) in [6, 6.07) is 2.34. The molecule has 1 aliphatic rings. The van der Waals surface area contributed by atoms with Crippen LogP contribution in [0.4, 0.5) is 0 Å². The second-order valence-corrected chi connectivity index (χ2v) is 6.57. The van der Waals surface area contributed by atoms with Crippen molar-refractivity contribution in [2.75, 3.05) is 13.1 Å². The molecule has 7 heteroatoms. The molecule has 0 radical (unpaired) electrons. The minimum Gasteiger partial charge on any atom is -0.475 e. The van der Waals surface area contributed by atoms with Gasteiger partial charge in [0.15, 0.2) is 0 Å². The molecule has 1 aromatic heterocycles. The van der Waals surface area contributed by atoms with E-state index >= 15 is 0 Å². The number of carboxylic acid groups (broad SMARTS) is 1. The van der Waals surface area contributed by atoms with Gasteiger partial charge < -0.3 is 9.52 Å². The van der Waals surface area contributed by atoms with Gasteiger partial charge in [-0.25, -0.2) is 13.2 Å². The largest absolute Gasteiger partial charge is 0.475 e. The first-order valence-electron chi connectivity index (χ1n) is 5.65. The highest BCUT2D eigenvalue weighted by Gasteiger charge is 2.36. The number of furan rings is 1. The van der Waals surface area contributed by atoms with E-state index in [2.05, 4.69) is 0 Å². The Bertz CT molecular complexity index is 552. The number of carboxylic acids is 1. The molecule has 2 atom stereocenters. The predicted molar refractivity (Wildman–Crippen MR) is 62.8 cm³/mol. The summed E-state index contributed by atoms with van der Waals surface area (Å²) >= 11 is 0. The summed E-state index contributed by atoms with van der Waals surface area (Å²) in [6.07, 6.45) is 0. The maximum Gasteiger partial charge on any atom is 0.371 e. The van der Waals surface area contributed by atoms with Crippen LogP contribution >= 0.6 is 0 Å². The lowest BCUT2D eigenvalue weighted by atomic mass is 10.0. The zero-order valence-electron chi connectivity index (χ0n) is 10.2. The summed E-state index contributed by atoms with van der Waals surface area (Å²) in [5, 5.41) is 8.41. The van der Waals surface area contributed by atoms with Crippen molar-refractivity contribution < 1.29 is 22.7 Å². The second kappa shape index (κ2) is 4.40. The number of carbonyl (C=O) groups is 1. The molecule has 0 spiro atoms. The minimum atomic E-state index is -3.71. The average molecular weight is 273 g/mol. The van der Waals surface area contributed by atoms with Crippen LogP contribution in [0, 0.1) is 11.8 Å². The number of rotatable bonds is 3. The maximum atomic E-state index is 12.2. The van der Waals surface area contributed by atoms with Gasteiger partial charge in [-0.3, -0.25) is 0 Å². The van der Waals surface area contributed by atoms with E-state index < -0.39 is 16.0 Å². The number of hydrogen-bond acceptors (Lipinski definition) is 4. The lowest BCUT2D eigenvalue weighted by Crippen LogP contribution is -2.28. The maximum absolute atomic E-state index is 12.2. The van der Waals surface area contributed by atoms with Gasteiger partial charge in [0, 0.05) is 13.1 Å². The Kier molecular flexibility index (Phi) is 3.20. The molecule has 100 valence electrons. The first kappa shape index (κ1) is 13.1. The molecule has 1 fully saturated rings. The van der Waals surface area contributed by atoms with Crippen molar-refractivity contribution in [3.8, 4) is 0 Å². The molecule has 0 amide bonds. The number of sulfonamides is 1. The van der Waals surface area contributed by atoms with E-state index in [4.69, 9.17) is 9.52 Å². The standard InChI is InChI=1S/C11H15NO5S/c1-7-5-12(6-8(7)2)18(15,16)10-4-3-9(17-10)11(13)14/h3-4,7-8H,5-6H2,1-2H3,(H,13,14). The van der Waals surface area contributed by atoms with Gasteiger partial charge in [-0.15, -0.1) is 0 Å². The van der Waals surface area contributed by atoms with Gasteiger partial charge in [0.1, 0.15) is 0 Å². The highest BCUT2D eigenvalue weighted by Crippen LogP contribution is 2.28. The van der Waals surface area contributed by atoms with Crippen molar-refractivity contribution in [2.24, 2.45) is 11.8 Å². The highest BCUT2D eigenvalue weighted by atomic mass is 32.2. The number of nitrogens with zero attached hydrogens (tertiary/aromatic N) is 1. The van der Waals surface area contributed by atoms with Crippen LogP contribution in [0.1, 0.15) is 24.4 Å². The molecule has 1 aliphatic heterocycles. The van der Waals surface area contributed by atoms with Crippen molar-refractivity contribution >= 4 is 16.0 Å².